The molecule has 1 fully saturated rings. The van der Waals surface area contributed by atoms with Gasteiger partial charge in [0.2, 0.25) is 5.76 Å². The van der Waals surface area contributed by atoms with Crippen molar-refractivity contribution in [2.24, 2.45) is 7.05 Å². The van der Waals surface area contributed by atoms with Gasteiger partial charge >= 0.3 is 5.97 Å². The van der Waals surface area contributed by atoms with Crippen molar-refractivity contribution in [3.05, 3.63) is 29.8 Å². The molecule has 1 aliphatic heterocycles. The third-order valence-corrected chi connectivity index (χ3v) is 2.71. The summed E-state index contributed by atoms with van der Waals surface area (Å²) < 4.78 is 9.94. The highest BCUT2D eigenvalue weighted by Crippen LogP contribution is 2.37. The van der Waals surface area contributed by atoms with Crippen LogP contribution in [-0.2, 0) is 21.3 Å². The minimum absolute atomic E-state index is 0.0168. The van der Waals surface area contributed by atoms with Crippen LogP contribution in [0.5, 0.6) is 0 Å². The highest BCUT2D eigenvalue weighted by atomic mass is 35.6. The summed E-state index contributed by atoms with van der Waals surface area (Å²) in [6.07, 6.45) is 2.14. The Morgan fingerprint density at radius 2 is 2.12 bits per heavy atom. The number of aromatic nitrogens is 1. The summed E-state index contributed by atoms with van der Waals surface area (Å²) in [5.41, 5.74) is 0.780. The lowest BCUT2D eigenvalue weighted by molar-refractivity contribution is -0.142. The number of cyclic esters (lactones) is 1. The third-order valence-electron chi connectivity index (χ3n) is 2.18. The molecular weight excluding hydrogens is 288 g/mol. The molecule has 0 amide bonds. The van der Waals surface area contributed by atoms with Crippen molar-refractivity contribution in [1.29, 1.82) is 0 Å². The third kappa shape index (κ3) is 2.70. The second-order valence-corrected chi connectivity index (χ2v) is 5.82. The average molecular weight is 297 g/mol. The Morgan fingerprint density at radius 1 is 1.41 bits per heavy atom. The molecular formula is C10H8Cl3NO3. The van der Waals surface area contributed by atoms with E-state index in [1.807, 2.05) is 29.9 Å². The zero-order valence-electron chi connectivity index (χ0n) is 8.69. The van der Waals surface area contributed by atoms with E-state index < -0.39 is 16.1 Å². The molecule has 92 valence electrons. The van der Waals surface area contributed by atoms with E-state index in [2.05, 4.69) is 0 Å². The van der Waals surface area contributed by atoms with Gasteiger partial charge < -0.3 is 14.0 Å². The Kier molecular flexibility index (Phi) is 3.30. The molecule has 0 saturated carbocycles. The van der Waals surface area contributed by atoms with Crippen molar-refractivity contribution < 1.29 is 14.3 Å². The summed E-state index contributed by atoms with van der Waals surface area (Å²) in [5, 5.41) is 0. The first kappa shape index (κ1) is 12.6. The van der Waals surface area contributed by atoms with Gasteiger partial charge in [0.15, 0.2) is 0 Å². The van der Waals surface area contributed by atoms with Gasteiger partial charge in [0.1, 0.15) is 0 Å². The van der Waals surface area contributed by atoms with Gasteiger partial charge in [-0.1, -0.05) is 34.8 Å². The molecule has 1 saturated heterocycles. The molecule has 2 rings (SSSR count). The van der Waals surface area contributed by atoms with E-state index >= 15 is 0 Å². The second-order valence-electron chi connectivity index (χ2n) is 3.45. The summed E-state index contributed by atoms with van der Waals surface area (Å²) in [4.78, 5) is 11.5. The molecule has 1 unspecified atom stereocenters. The largest absolute Gasteiger partial charge is 0.443 e. The number of nitrogens with zero attached hydrogens (tertiary/aromatic N) is 1. The van der Waals surface area contributed by atoms with Crippen molar-refractivity contribution in [2.45, 2.75) is 10.1 Å². The summed E-state index contributed by atoms with van der Waals surface area (Å²) in [6.45, 7) is 0. The van der Waals surface area contributed by atoms with E-state index in [9.17, 15) is 4.79 Å². The summed E-state index contributed by atoms with van der Waals surface area (Å²) in [6, 6.07) is 3.64. The first-order valence-electron chi connectivity index (χ1n) is 4.65. The molecule has 0 N–H and O–H groups in total. The molecule has 0 radical (unpaired) electrons. The maximum atomic E-state index is 11.5. The van der Waals surface area contributed by atoms with Crippen molar-refractivity contribution in [3.8, 4) is 0 Å². The minimum Gasteiger partial charge on any atom is -0.443 e. The zero-order chi connectivity index (χ0) is 12.6. The van der Waals surface area contributed by atoms with Gasteiger partial charge in [0, 0.05) is 25.0 Å². The number of carbonyl (C=O) groups excluding carboxylic acids is 1. The molecule has 4 nitrogen and oxygen atoms in total. The van der Waals surface area contributed by atoms with Gasteiger partial charge in [-0.15, -0.1) is 0 Å². The predicted octanol–water partition coefficient (Wildman–Crippen LogP) is 2.64. The van der Waals surface area contributed by atoms with Crippen molar-refractivity contribution in [1.82, 2.24) is 4.57 Å². The summed E-state index contributed by atoms with van der Waals surface area (Å²) in [5.74, 6) is -0.634. The number of halogens is 3. The van der Waals surface area contributed by atoms with E-state index in [1.54, 1.807) is 0 Å². The molecule has 0 bridgehead atoms. The van der Waals surface area contributed by atoms with Gasteiger partial charge in [0.05, 0.1) is 0 Å². The van der Waals surface area contributed by atoms with Gasteiger partial charge in [-0.25, -0.2) is 4.79 Å². The first-order chi connectivity index (χ1) is 7.88. The number of esters is 1. The molecule has 0 aromatic carbocycles. The fourth-order valence-electron chi connectivity index (χ4n) is 1.33. The SMILES string of the molecule is Cn1cccc1/C=C1\OC(C(Cl)(Cl)Cl)OC1=O. The molecule has 2 heterocycles. The van der Waals surface area contributed by atoms with Crippen molar-refractivity contribution in [3.63, 3.8) is 0 Å². The van der Waals surface area contributed by atoms with Gasteiger partial charge in [-0.3, -0.25) is 0 Å². The topological polar surface area (TPSA) is 40.5 Å². The van der Waals surface area contributed by atoms with Gasteiger partial charge in [0.25, 0.3) is 10.1 Å². The van der Waals surface area contributed by atoms with Crippen LogP contribution in [0.2, 0.25) is 0 Å². The predicted molar refractivity (Wildman–Crippen MR) is 64.6 cm³/mol. The zero-order valence-corrected chi connectivity index (χ0v) is 11.0. The Balaban J connectivity index is 2.22. The van der Waals surface area contributed by atoms with E-state index in [1.165, 1.54) is 6.08 Å². The number of ether oxygens (including phenoxy) is 2. The smallest absolute Gasteiger partial charge is 0.377 e. The van der Waals surface area contributed by atoms with Gasteiger partial charge in [-0.05, 0) is 12.1 Å². The van der Waals surface area contributed by atoms with Crippen LogP contribution in [0.25, 0.3) is 6.08 Å². The highest BCUT2D eigenvalue weighted by Gasteiger charge is 2.44. The normalized spacial score (nSPS) is 22.7. The Morgan fingerprint density at radius 3 is 2.59 bits per heavy atom. The number of alkyl halides is 3. The van der Waals surface area contributed by atoms with E-state index in [0.29, 0.717) is 0 Å². The van der Waals surface area contributed by atoms with Crippen LogP contribution in [-0.4, -0.2) is 20.6 Å². The second kappa shape index (κ2) is 4.44. The van der Waals surface area contributed by atoms with Crippen LogP contribution >= 0.6 is 34.8 Å². The molecule has 1 aromatic heterocycles. The van der Waals surface area contributed by atoms with E-state index in [-0.39, 0.29) is 5.76 Å². The number of hydrogen-bond acceptors (Lipinski definition) is 3. The molecule has 1 aromatic rings. The van der Waals surface area contributed by atoms with Crippen LogP contribution in [0.3, 0.4) is 0 Å². The molecule has 17 heavy (non-hydrogen) atoms. The lowest BCUT2D eigenvalue weighted by Crippen LogP contribution is -2.26. The average Bonchev–Trinajstić information content (AvgIpc) is 2.75. The Hall–Kier alpha value is -0.840. The van der Waals surface area contributed by atoms with Crippen molar-refractivity contribution >= 4 is 46.8 Å². The maximum Gasteiger partial charge on any atom is 0.377 e. The summed E-state index contributed by atoms with van der Waals surface area (Å²) >= 11 is 16.7. The van der Waals surface area contributed by atoms with Crippen LogP contribution in [0.15, 0.2) is 24.1 Å². The summed E-state index contributed by atoms with van der Waals surface area (Å²) in [7, 11) is 1.83. The molecule has 1 aliphatic rings. The van der Waals surface area contributed by atoms with Crippen LogP contribution in [0, 0.1) is 0 Å². The Bertz CT molecular complexity index is 475. The van der Waals surface area contributed by atoms with E-state index in [0.717, 1.165) is 5.69 Å². The molecule has 7 heteroatoms. The lowest BCUT2D eigenvalue weighted by Gasteiger charge is -2.15. The quantitative estimate of drug-likeness (QED) is 0.454. The van der Waals surface area contributed by atoms with Crippen LogP contribution < -0.4 is 0 Å². The molecule has 0 spiro atoms. The number of rotatable bonds is 1. The standard InChI is InChI=1S/C10H8Cl3NO3/c1-14-4-2-3-6(14)5-7-8(15)17-9(16-7)10(11,12)13/h2-5,9H,1H3/b7-5-. The lowest BCUT2D eigenvalue weighted by atomic mass is 10.3. The highest BCUT2D eigenvalue weighted by molar-refractivity contribution is 6.68. The monoisotopic (exact) mass is 295 g/mol. The first-order valence-corrected chi connectivity index (χ1v) is 5.79. The van der Waals surface area contributed by atoms with Crippen LogP contribution in [0.1, 0.15) is 5.69 Å². The van der Waals surface area contributed by atoms with Crippen molar-refractivity contribution in [2.75, 3.05) is 0 Å². The number of carbonyl (C=O) groups is 1. The Labute approximate surface area is 113 Å². The molecule has 0 aliphatic carbocycles. The fraction of sp³-hybridized carbons (Fsp3) is 0.300. The number of aryl methyl sites for hydroxylation is 1. The molecule has 1 atom stereocenters. The fourth-order valence-corrected chi connectivity index (χ4v) is 1.60. The van der Waals surface area contributed by atoms with E-state index in [4.69, 9.17) is 44.3 Å². The van der Waals surface area contributed by atoms with Crippen LogP contribution in [0.4, 0.5) is 0 Å². The minimum atomic E-state index is -1.81. The van der Waals surface area contributed by atoms with Gasteiger partial charge in [-0.2, -0.15) is 0 Å². The number of hydrogen-bond donors (Lipinski definition) is 0. The maximum absolute atomic E-state index is 11.5.